The van der Waals surface area contributed by atoms with E-state index in [2.05, 4.69) is 15.3 Å². The van der Waals surface area contributed by atoms with E-state index < -0.39 is 17.2 Å². The standard InChI is InChI=1S/C20H23ClF2N4O2/c21-19-17(10-24-27(20(19)28)18-2-1-14(22)9-16(18)23)25-15-3-6-26(7-4-15)11-13-5-8-29-12-13/h1-2,9-10,13,15,25H,3-8,11-12H2. The van der Waals surface area contributed by atoms with E-state index >= 15 is 0 Å². The number of halogens is 3. The van der Waals surface area contributed by atoms with E-state index in [0.717, 1.165) is 68.9 Å². The molecule has 0 aliphatic carbocycles. The molecule has 156 valence electrons. The van der Waals surface area contributed by atoms with Gasteiger partial charge in [-0.25, -0.2) is 8.78 Å². The number of nitrogens with zero attached hydrogens (tertiary/aromatic N) is 3. The Hall–Kier alpha value is -2.03. The fourth-order valence-electron chi connectivity index (χ4n) is 3.93. The molecule has 3 heterocycles. The molecule has 6 nitrogen and oxygen atoms in total. The van der Waals surface area contributed by atoms with Crippen LogP contribution in [0.15, 0.2) is 29.2 Å². The molecule has 1 atom stereocenters. The number of hydrogen-bond donors (Lipinski definition) is 1. The second kappa shape index (κ2) is 8.77. The summed E-state index contributed by atoms with van der Waals surface area (Å²) in [6.07, 6.45) is 4.40. The van der Waals surface area contributed by atoms with Crippen LogP contribution >= 0.6 is 11.6 Å². The number of benzene rings is 1. The van der Waals surface area contributed by atoms with Crippen molar-refractivity contribution in [3.63, 3.8) is 0 Å². The maximum absolute atomic E-state index is 14.0. The van der Waals surface area contributed by atoms with E-state index in [4.69, 9.17) is 16.3 Å². The summed E-state index contributed by atoms with van der Waals surface area (Å²) in [6, 6.07) is 3.11. The van der Waals surface area contributed by atoms with Crippen LogP contribution in [-0.4, -0.2) is 53.6 Å². The minimum Gasteiger partial charge on any atom is -0.381 e. The van der Waals surface area contributed by atoms with Crippen molar-refractivity contribution < 1.29 is 13.5 Å². The Morgan fingerprint density at radius 3 is 2.72 bits per heavy atom. The molecule has 2 aliphatic rings. The first-order chi connectivity index (χ1) is 14.0. The summed E-state index contributed by atoms with van der Waals surface area (Å²) in [7, 11) is 0. The summed E-state index contributed by atoms with van der Waals surface area (Å²) in [5.41, 5.74) is -0.368. The van der Waals surface area contributed by atoms with Crippen LogP contribution in [0, 0.1) is 17.6 Å². The fourth-order valence-corrected chi connectivity index (χ4v) is 4.11. The lowest BCUT2D eigenvalue weighted by Gasteiger charge is -2.34. The molecule has 0 bridgehead atoms. The van der Waals surface area contributed by atoms with Gasteiger partial charge in [0.15, 0.2) is 5.82 Å². The number of rotatable bonds is 5. The highest BCUT2D eigenvalue weighted by Gasteiger charge is 2.24. The van der Waals surface area contributed by atoms with Crippen molar-refractivity contribution in [2.24, 2.45) is 5.92 Å². The minimum absolute atomic E-state index is 0.0609. The van der Waals surface area contributed by atoms with Crippen molar-refractivity contribution >= 4 is 17.3 Å². The monoisotopic (exact) mass is 424 g/mol. The Bertz CT molecular complexity index is 925. The Labute approximate surface area is 172 Å². The zero-order chi connectivity index (χ0) is 20.4. The summed E-state index contributed by atoms with van der Waals surface area (Å²) in [4.78, 5) is 15.0. The molecule has 1 aromatic heterocycles. The van der Waals surface area contributed by atoms with Crippen LogP contribution in [0.2, 0.25) is 5.02 Å². The van der Waals surface area contributed by atoms with Crippen molar-refractivity contribution in [2.45, 2.75) is 25.3 Å². The lowest BCUT2D eigenvalue weighted by atomic mass is 10.0. The van der Waals surface area contributed by atoms with Crippen LogP contribution in [0.5, 0.6) is 0 Å². The summed E-state index contributed by atoms with van der Waals surface area (Å²) in [5.74, 6) is -0.982. The third-order valence-corrected chi connectivity index (χ3v) is 5.91. The normalized spacial score (nSPS) is 20.9. The summed E-state index contributed by atoms with van der Waals surface area (Å²) in [6.45, 7) is 4.72. The molecular formula is C20H23ClF2N4O2. The molecular weight excluding hydrogens is 402 g/mol. The number of hydrogen-bond acceptors (Lipinski definition) is 5. The molecule has 1 aromatic carbocycles. The van der Waals surface area contributed by atoms with E-state index in [1.807, 2.05) is 0 Å². The van der Waals surface area contributed by atoms with Gasteiger partial charge in [-0.3, -0.25) is 4.79 Å². The van der Waals surface area contributed by atoms with E-state index in [9.17, 15) is 13.6 Å². The van der Waals surface area contributed by atoms with E-state index in [1.165, 1.54) is 6.20 Å². The predicted octanol–water partition coefficient (Wildman–Crippen LogP) is 3.08. The van der Waals surface area contributed by atoms with Crippen LogP contribution in [0.4, 0.5) is 14.5 Å². The molecule has 9 heteroatoms. The molecule has 2 aromatic rings. The second-order valence-corrected chi connectivity index (χ2v) is 8.01. The predicted molar refractivity (Wildman–Crippen MR) is 107 cm³/mol. The first kappa shape index (κ1) is 20.3. The van der Waals surface area contributed by atoms with Gasteiger partial charge >= 0.3 is 0 Å². The SMILES string of the molecule is O=c1c(Cl)c(NC2CCN(CC3CCOC3)CC2)cnn1-c1ccc(F)cc1F. The van der Waals surface area contributed by atoms with Crippen LogP contribution < -0.4 is 10.9 Å². The van der Waals surface area contributed by atoms with Crippen LogP contribution in [-0.2, 0) is 4.74 Å². The minimum atomic E-state index is -0.878. The number of anilines is 1. The van der Waals surface area contributed by atoms with Gasteiger partial charge in [-0.15, -0.1) is 0 Å². The molecule has 0 radical (unpaired) electrons. The number of ether oxygens (including phenoxy) is 1. The van der Waals surface area contributed by atoms with Crippen LogP contribution in [0.25, 0.3) is 5.69 Å². The fraction of sp³-hybridized carbons (Fsp3) is 0.500. The highest BCUT2D eigenvalue weighted by Crippen LogP contribution is 2.23. The largest absolute Gasteiger partial charge is 0.381 e. The van der Waals surface area contributed by atoms with Gasteiger partial charge in [0, 0.05) is 38.3 Å². The zero-order valence-corrected chi connectivity index (χ0v) is 16.7. The highest BCUT2D eigenvalue weighted by molar-refractivity contribution is 6.32. The second-order valence-electron chi connectivity index (χ2n) is 7.63. The Kier molecular flexibility index (Phi) is 6.12. The summed E-state index contributed by atoms with van der Waals surface area (Å²) in [5, 5.41) is 7.25. The molecule has 0 amide bonds. The first-order valence-corrected chi connectivity index (χ1v) is 10.2. The molecule has 0 spiro atoms. The zero-order valence-electron chi connectivity index (χ0n) is 15.9. The molecule has 1 N–H and O–H groups in total. The Balaban J connectivity index is 1.41. The maximum atomic E-state index is 14.0. The van der Waals surface area contributed by atoms with Crippen molar-refractivity contribution in [3.05, 3.63) is 51.4 Å². The molecule has 2 aliphatic heterocycles. The Morgan fingerprint density at radius 1 is 1.24 bits per heavy atom. The third kappa shape index (κ3) is 4.60. The maximum Gasteiger partial charge on any atom is 0.292 e. The van der Waals surface area contributed by atoms with Crippen LogP contribution in [0.3, 0.4) is 0 Å². The quantitative estimate of drug-likeness (QED) is 0.799. The molecule has 29 heavy (non-hydrogen) atoms. The topological polar surface area (TPSA) is 59.4 Å². The van der Waals surface area contributed by atoms with Crippen molar-refractivity contribution in [1.29, 1.82) is 0 Å². The van der Waals surface area contributed by atoms with E-state index in [1.54, 1.807) is 0 Å². The lowest BCUT2D eigenvalue weighted by Crippen LogP contribution is -2.41. The summed E-state index contributed by atoms with van der Waals surface area (Å²) >= 11 is 6.24. The van der Waals surface area contributed by atoms with Gasteiger partial charge in [0.25, 0.3) is 5.56 Å². The molecule has 2 fully saturated rings. The first-order valence-electron chi connectivity index (χ1n) is 9.81. The third-order valence-electron chi connectivity index (χ3n) is 5.54. The van der Waals surface area contributed by atoms with Gasteiger partial charge in [0.05, 0.1) is 18.5 Å². The van der Waals surface area contributed by atoms with E-state index in [0.29, 0.717) is 17.7 Å². The molecule has 1 unspecified atom stereocenters. The number of nitrogens with one attached hydrogen (secondary N) is 1. The lowest BCUT2D eigenvalue weighted by molar-refractivity contribution is 0.154. The van der Waals surface area contributed by atoms with Gasteiger partial charge in [-0.2, -0.15) is 9.78 Å². The number of piperidine rings is 1. The van der Waals surface area contributed by atoms with Crippen molar-refractivity contribution in [3.8, 4) is 5.69 Å². The molecule has 4 rings (SSSR count). The van der Waals surface area contributed by atoms with Gasteiger partial charge in [0.1, 0.15) is 16.5 Å². The van der Waals surface area contributed by atoms with Gasteiger partial charge in [0.2, 0.25) is 0 Å². The molecule has 0 saturated carbocycles. The van der Waals surface area contributed by atoms with Crippen molar-refractivity contribution in [2.75, 3.05) is 38.2 Å². The van der Waals surface area contributed by atoms with E-state index in [-0.39, 0.29) is 16.8 Å². The summed E-state index contributed by atoms with van der Waals surface area (Å²) < 4.78 is 33.4. The van der Waals surface area contributed by atoms with Gasteiger partial charge in [-0.1, -0.05) is 11.6 Å². The average molecular weight is 425 g/mol. The van der Waals surface area contributed by atoms with Crippen LogP contribution in [0.1, 0.15) is 19.3 Å². The number of aromatic nitrogens is 2. The Morgan fingerprint density at radius 2 is 2.03 bits per heavy atom. The van der Waals surface area contributed by atoms with Gasteiger partial charge in [-0.05, 0) is 37.3 Å². The highest BCUT2D eigenvalue weighted by atomic mass is 35.5. The van der Waals surface area contributed by atoms with Crippen molar-refractivity contribution in [1.82, 2.24) is 14.7 Å². The van der Waals surface area contributed by atoms with Gasteiger partial charge < -0.3 is 15.0 Å². The molecule has 2 saturated heterocycles. The smallest absolute Gasteiger partial charge is 0.292 e. The number of likely N-dealkylation sites (tertiary alicyclic amines) is 1. The average Bonchev–Trinajstić information content (AvgIpc) is 3.21.